The van der Waals surface area contributed by atoms with Crippen molar-refractivity contribution in [3.05, 3.63) is 42.0 Å². The third-order valence-corrected chi connectivity index (χ3v) is 2.40. The van der Waals surface area contributed by atoms with Gasteiger partial charge in [-0.25, -0.2) is 4.98 Å². The van der Waals surface area contributed by atoms with E-state index in [0.717, 1.165) is 23.8 Å². The van der Waals surface area contributed by atoms with Crippen LogP contribution in [0.3, 0.4) is 0 Å². The van der Waals surface area contributed by atoms with Gasteiger partial charge in [-0.3, -0.25) is 0 Å². The molecule has 16 heavy (non-hydrogen) atoms. The van der Waals surface area contributed by atoms with Gasteiger partial charge in [0.25, 0.3) is 0 Å². The second kappa shape index (κ2) is 4.26. The van der Waals surface area contributed by atoms with E-state index in [9.17, 15) is 0 Å². The number of nitrogens with two attached hydrogens (primary N) is 1. The van der Waals surface area contributed by atoms with Crippen molar-refractivity contribution in [2.24, 2.45) is 0 Å². The van der Waals surface area contributed by atoms with Crippen molar-refractivity contribution in [2.45, 2.75) is 13.5 Å². The quantitative estimate of drug-likeness (QED) is 0.856. The van der Waals surface area contributed by atoms with Gasteiger partial charge in [-0.2, -0.15) is 0 Å². The van der Waals surface area contributed by atoms with Gasteiger partial charge in [0.15, 0.2) is 0 Å². The minimum Gasteiger partial charge on any atom is -0.464 e. The number of aromatic nitrogens is 1. The molecular weight excluding hydrogens is 202 g/mol. The maximum atomic E-state index is 5.53. The Morgan fingerprint density at radius 2 is 2.12 bits per heavy atom. The summed E-state index contributed by atoms with van der Waals surface area (Å²) < 4.78 is 5.51. The van der Waals surface area contributed by atoms with E-state index in [-0.39, 0.29) is 0 Å². The van der Waals surface area contributed by atoms with Crippen molar-refractivity contribution in [1.29, 1.82) is 0 Å². The van der Waals surface area contributed by atoms with Gasteiger partial charge in [0.1, 0.15) is 17.3 Å². The number of rotatable bonds is 3. The summed E-state index contributed by atoms with van der Waals surface area (Å²) >= 11 is 0. The molecule has 0 atom stereocenters. The normalized spacial score (nSPS) is 10.4. The molecule has 0 aliphatic carbocycles. The molecule has 0 saturated carbocycles. The zero-order valence-corrected chi connectivity index (χ0v) is 9.47. The van der Waals surface area contributed by atoms with Crippen LogP contribution in [0.15, 0.2) is 34.9 Å². The van der Waals surface area contributed by atoms with E-state index in [1.54, 1.807) is 12.3 Å². The average molecular weight is 217 g/mol. The first kappa shape index (κ1) is 10.5. The molecule has 2 N–H and O–H groups in total. The number of anilines is 2. The minimum absolute atomic E-state index is 0.533. The molecule has 4 nitrogen and oxygen atoms in total. The van der Waals surface area contributed by atoms with Crippen molar-refractivity contribution in [3.63, 3.8) is 0 Å². The molecule has 2 aromatic heterocycles. The maximum absolute atomic E-state index is 5.53. The molecule has 2 aromatic rings. The van der Waals surface area contributed by atoms with Crippen molar-refractivity contribution in [1.82, 2.24) is 4.98 Å². The zero-order valence-electron chi connectivity index (χ0n) is 9.47. The smallest absolute Gasteiger partial charge is 0.123 e. The summed E-state index contributed by atoms with van der Waals surface area (Å²) in [6, 6.07) is 7.68. The second-order valence-corrected chi connectivity index (χ2v) is 3.81. The highest BCUT2D eigenvalue weighted by molar-refractivity contribution is 5.47. The van der Waals surface area contributed by atoms with Gasteiger partial charge in [-0.1, -0.05) is 0 Å². The van der Waals surface area contributed by atoms with Crippen molar-refractivity contribution in [2.75, 3.05) is 17.7 Å². The lowest BCUT2D eigenvalue weighted by atomic mass is 10.3. The van der Waals surface area contributed by atoms with Crippen LogP contribution in [0.1, 0.15) is 11.5 Å². The molecule has 4 heteroatoms. The summed E-state index contributed by atoms with van der Waals surface area (Å²) in [6.07, 6.45) is 1.76. The van der Waals surface area contributed by atoms with E-state index in [4.69, 9.17) is 10.2 Å². The standard InChI is InChI=1S/C12H15N3O/c1-9-3-5-11(16-9)8-15(2)10-4-6-12(13)14-7-10/h3-7H,8H2,1-2H3,(H2,13,14). The number of hydrogen-bond acceptors (Lipinski definition) is 4. The molecule has 0 unspecified atom stereocenters. The second-order valence-electron chi connectivity index (χ2n) is 3.81. The summed E-state index contributed by atoms with van der Waals surface area (Å²) in [5.41, 5.74) is 6.55. The van der Waals surface area contributed by atoms with E-state index in [1.165, 1.54) is 0 Å². The molecule has 2 heterocycles. The summed E-state index contributed by atoms with van der Waals surface area (Å²) in [5, 5.41) is 0. The van der Waals surface area contributed by atoms with Gasteiger partial charge in [0.05, 0.1) is 18.4 Å². The molecule has 0 spiro atoms. The van der Waals surface area contributed by atoms with Gasteiger partial charge >= 0.3 is 0 Å². The summed E-state index contributed by atoms with van der Waals surface area (Å²) in [6.45, 7) is 2.66. The fourth-order valence-corrected chi connectivity index (χ4v) is 1.52. The molecule has 0 bridgehead atoms. The van der Waals surface area contributed by atoms with Gasteiger partial charge in [-0.05, 0) is 31.2 Å². The van der Waals surface area contributed by atoms with Crippen LogP contribution < -0.4 is 10.6 Å². The summed E-state index contributed by atoms with van der Waals surface area (Å²) in [5.74, 6) is 2.40. The molecule has 84 valence electrons. The Morgan fingerprint density at radius 3 is 2.69 bits per heavy atom. The molecule has 0 amide bonds. The van der Waals surface area contributed by atoms with E-state index in [2.05, 4.69) is 9.88 Å². The van der Waals surface area contributed by atoms with E-state index < -0.39 is 0 Å². The first-order valence-corrected chi connectivity index (χ1v) is 5.13. The third-order valence-electron chi connectivity index (χ3n) is 2.40. The van der Waals surface area contributed by atoms with Crippen molar-refractivity contribution >= 4 is 11.5 Å². The van der Waals surface area contributed by atoms with Gasteiger partial charge in [0.2, 0.25) is 0 Å². The first-order chi connectivity index (χ1) is 7.65. The molecule has 0 radical (unpaired) electrons. The molecule has 0 saturated heterocycles. The lowest BCUT2D eigenvalue weighted by Crippen LogP contribution is -2.16. The Labute approximate surface area is 94.7 Å². The fourth-order valence-electron chi connectivity index (χ4n) is 1.52. The van der Waals surface area contributed by atoms with Crippen molar-refractivity contribution in [3.8, 4) is 0 Å². The van der Waals surface area contributed by atoms with Crippen LogP contribution in [0.4, 0.5) is 11.5 Å². The molecule has 0 aliphatic rings. The SMILES string of the molecule is Cc1ccc(CN(C)c2ccc(N)nc2)o1. The van der Waals surface area contributed by atoms with Crippen LogP contribution in [0, 0.1) is 6.92 Å². The highest BCUT2D eigenvalue weighted by Gasteiger charge is 2.05. The lowest BCUT2D eigenvalue weighted by molar-refractivity contribution is 0.482. The average Bonchev–Trinajstić information content (AvgIpc) is 2.65. The number of nitrogens with zero attached hydrogens (tertiary/aromatic N) is 2. The Bertz CT molecular complexity index is 461. The highest BCUT2D eigenvalue weighted by atomic mass is 16.3. The molecule has 2 rings (SSSR count). The van der Waals surface area contributed by atoms with E-state index in [0.29, 0.717) is 5.82 Å². The molecule has 0 aromatic carbocycles. The van der Waals surface area contributed by atoms with Crippen LogP contribution >= 0.6 is 0 Å². The Balaban J connectivity index is 2.08. The number of hydrogen-bond donors (Lipinski definition) is 1. The number of pyridine rings is 1. The lowest BCUT2D eigenvalue weighted by Gasteiger charge is -2.17. The van der Waals surface area contributed by atoms with Crippen LogP contribution in [-0.4, -0.2) is 12.0 Å². The summed E-state index contributed by atoms with van der Waals surface area (Å²) in [4.78, 5) is 6.11. The van der Waals surface area contributed by atoms with Crippen LogP contribution in [0.5, 0.6) is 0 Å². The Hall–Kier alpha value is -1.97. The largest absolute Gasteiger partial charge is 0.464 e. The number of furan rings is 1. The van der Waals surface area contributed by atoms with Crippen molar-refractivity contribution < 1.29 is 4.42 Å². The Morgan fingerprint density at radius 1 is 1.31 bits per heavy atom. The van der Waals surface area contributed by atoms with E-state index in [1.807, 2.05) is 32.2 Å². The topological polar surface area (TPSA) is 55.3 Å². The molecule has 0 aliphatic heterocycles. The van der Waals surface area contributed by atoms with Gasteiger partial charge < -0.3 is 15.1 Å². The van der Waals surface area contributed by atoms with Gasteiger partial charge in [0, 0.05) is 7.05 Å². The third kappa shape index (κ3) is 2.34. The van der Waals surface area contributed by atoms with Gasteiger partial charge in [-0.15, -0.1) is 0 Å². The maximum Gasteiger partial charge on any atom is 0.123 e. The highest BCUT2D eigenvalue weighted by Crippen LogP contribution is 2.16. The molecule has 0 fully saturated rings. The van der Waals surface area contributed by atoms with Crippen LogP contribution in [-0.2, 0) is 6.54 Å². The van der Waals surface area contributed by atoms with E-state index >= 15 is 0 Å². The minimum atomic E-state index is 0.533. The summed E-state index contributed by atoms with van der Waals surface area (Å²) in [7, 11) is 1.99. The van der Waals surface area contributed by atoms with Crippen LogP contribution in [0.2, 0.25) is 0 Å². The predicted molar refractivity (Wildman–Crippen MR) is 64.2 cm³/mol. The molecular formula is C12H15N3O. The first-order valence-electron chi connectivity index (χ1n) is 5.13. The van der Waals surface area contributed by atoms with Crippen LogP contribution in [0.25, 0.3) is 0 Å². The Kier molecular flexibility index (Phi) is 2.81. The number of nitrogen functional groups attached to an aromatic ring is 1. The predicted octanol–water partition coefficient (Wildman–Crippen LogP) is 2.20. The zero-order chi connectivity index (χ0) is 11.5. The fraction of sp³-hybridized carbons (Fsp3) is 0.250. The monoisotopic (exact) mass is 217 g/mol. The number of aryl methyl sites for hydroxylation is 1.